The molecule has 0 spiro atoms. The number of esters is 1. The molecule has 0 unspecified atom stereocenters. The fraction of sp³-hybridized carbons (Fsp3) is 0.300. The maximum absolute atomic E-state index is 13.1. The molecule has 2 aromatic rings. The van der Waals surface area contributed by atoms with Gasteiger partial charge in [-0.05, 0) is 11.1 Å². The maximum atomic E-state index is 13.1. The first-order chi connectivity index (χ1) is 12.7. The van der Waals surface area contributed by atoms with Gasteiger partial charge in [0.25, 0.3) is 5.91 Å². The van der Waals surface area contributed by atoms with E-state index in [1.165, 1.54) is 7.11 Å². The number of methoxy groups -OCH3 is 1. The minimum Gasteiger partial charge on any atom is -0.467 e. The average molecular weight is 353 g/mol. The molecular formula is C20H19NO5. The normalized spacial score (nSPS) is 27.4. The molecular weight excluding hydrogens is 334 g/mol. The van der Waals surface area contributed by atoms with Crippen molar-refractivity contribution in [2.75, 3.05) is 7.11 Å². The largest absolute Gasteiger partial charge is 0.467 e. The number of benzene rings is 2. The number of hydrogen-bond acceptors (Lipinski definition) is 5. The highest BCUT2D eigenvalue weighted by Gasteiger charge is 2.56. The highest BCUT2D eigenvalue weighted by Crippen LogP contribution is 2.40. The monoisotopic (exact) mass is 353 g/mol. The van der Waals surface area contributed by atoms with Crippen molar-refractivity contribution in [1.82, 2.24) is 4.90 Å². The quantitative estimate of drug-likeness (QED) is 0.787. The van der Waals surface area contributed by atoms with Crippen LogP contribution in [0.2, 0.25) is 0 Å². The minimum atomic E-state index is -1.04. The van der Waals surface area contributed by atoms with Crippen LogP contribution in [0.3, 0.4) is 0 Å². The summed E-state index contributed by atoms with van der Waals surface area (Å²) in [5, 5.41) is 0. The number of nitrogens with zero attached hydrogens (tertiary/aromatic N) is 1. The third-order valence-corrected chi connectivity index (χ3v) is 4.73. The molecule has 26 heavy (non-hydrogen) atoms. The molecule has 0 radical (unpaired) electrons. The molecule has 6 heteroatoms. The molecule has 134 valence electrons. The number of ether oxygens (including phenoxy) is 3. The van der Waals surface area contributed by atoms with Crippen LogP contribution in [0.15, 0.2) is 60.7 Å². The Morgan fingerprint density at radius 2 is 1.69 bits per heavy atom. The summed E-state index contributed by atoms with van der Waals surface area (Å²) in [7, 11) is 1.27. The molecule has 0 N–H and O–H groups in total. The SMILES string of the molecule is COC(=O)[C@@H]1O[C@@H]2O[C@H]1C(=O)N(Cc1ccccc1)[C@@H]2c1ccccc1. The predicted octanol–water partition coefficient (Wildman–Crippen LogP) is 2.05. The Bertz CT molecular complexity index is 794. The number of amides is 1. The molecule has 2 aliphatic heterocycles. The Morgan fingerprint density at radius 3 is 2.35 bits per heavy atom. The number of fused-ring (bicyclic) bond motifs is 2. The summed E-state index contributed by atoms with van der Waals surface area (Å²) in [6, 6.07) is 18.8. The van der Waals surface area contributed by atoms with Crippen molar-refractivity contribution in [2.45, 2.75) is 31.1 Å². The van der Waals surface area contributed by atoms with Crippen LogP contribution in [0.4, 0.5) is 0 Å². The van der Waals surface area contributed by atoms with Crippen LogP contribution in [0, 0.1) is 0 Å². The van der Waals surface area contributed by atoms with Crippen molar-refractivity contribution in [3.8, 4) is 0 Å². The summed E-state index contributed by atoms with van der Waals surface area (Å²) < 4.78 is 16.3. The zero-order valence-corrected chi connectivity index (χ0v) is 14.3. The van der Waals surface area contributed by atoms with Crippen molar-refractivity contribution in [2.24, 2.45) is 0 Å². The van der Waals surface area contributed by atoms with E-state index in [2.05, 4.69) is 0 Å². The smallest absolute Gasteiger partial charge is 0.338 e. The van der Waals surface area contributed by atoms with E-state index in [1.807, 2.05) is 60.7 Å². The van der Waals surface area contributed by atoms with E-state index < -0.39 is 30.5 Å². The van der Waals surface area contributed by atoms with E-state index in [9.17, 15) is 9.59 Å². The number of carbonyl (C=O) groups is 2. The van der Waals surface area contributed by atoms with Crippen LogP contribution in [-0.2, 0) is 30.3 Å². The summed E-state index contributed by atoms with van der Waals surface area (Å²) >= 11 is 0. The van der Waals surface area contributed by atoms with Gasteiger partial charge in [0.2, 0.25) is 0 Å². The van der Waals surface area contributed by atoms with Gasteiger partial charge in [-0.2, -0.15) is 0 Å². The molecule has 2 aromatic carbocycles. The molecule has 6 nitrogen and oxygen atoms in total. The molecule has 2 bridgehead atoms. The standard InChI is InChI=1S/C20H19NO5/c1-24-19(23)17-16-18(22)21(12-13-8-4-2-5-9-13)15(20(25-16)26-17)14-10-6-3-7-11-14/h2-11,15-17,20H,12H2,1H3/t15-,16-,17-,20+/m1/s1. The highest BCUT2D eigenvalue weighted by atomic mass is 16.7. The number of carbonyl (C=O) groups excluding carboxylic acids is 2. The van der Waals surface area contributed by atoms with E-state index in [1.54, 1.807) is 4.90 Å². The van der Waals surface area contributed by atoms with Crippen LogP contribution in [0.5, 0.6) is 0 Å². The molecule has 0 saturated carbocycles. The lowest BCUT2D eigenvalue weighted by Gasteiger charge is -2.38. The Kier molecular flexibility index (Phi) is 4.44. The molecule has 2 aliphatic rings. The van der Waals surface area contributed by atoms with Gasteiger partial charge in [0.1, 0.15) is 6.04 Å². The summed E-state index contributed by atoms with van der Waals surface area (Å²) in [6.45, 7) is 0.410. The average Bonchev–Trinajstić information content (AvgIpc) is 3.08. The number of hydrogen-bond donors (Lipinski definition) is 0. The van der Waals surface area contributed by atoms with Crippen molar-refractivity contribution in [1.29, 1.82) is 0 Å². The van der Waals surface area contributed by atoms with Gasteiger partial charge in [-0.15, -0.1) is 0 Å². The first-order valence-electron chi connectivity index (χ1n) is 8.47. The molecule has 4 atom stereocenters. The second-order valence-corrected chi connectivity index (χ2v) is 6.31. The van der Waals surface area contributed by atoms with Crippen LogP contribution in [-0.4, -0.2) is 42.4 Å². The van der Waals surface area contributed by atoms with Crippen LogP contribution in [0.25, 0.3) is 0 Å². The lowest BCUT2D eigenvalue weighted by molar-refractivity contribution is -0.179. The van der Waals surface area contributed by atoms with Crippen molar-refractivity contribution in [3.63, 3.8) is 0 Å². The zero-order valence-electron chi connectivity index (χ0n) is 14.3. The van der Waals surface area contributed by atoms with Gasteiger partial charge in [0, 0.05) is 6.54 Å². The Labute approximate surface area is 151 Å². The highest BCUT2D eigenvalue weighted by molar-refractivity contribution is 5.90. The molecule has 0 aliphatic carbocycles. The van der Waals surface area contributed by atoms with Crippen LogP contribution >= 0.6 is 0 Å². The second kappa shape index (κ2) is 6.90. The van der Waals surface area contributed by atoms with E-state index in [0.717, 1.165) is 11.1 Å². The molecule has 2 fully saturated rings. The molecule has 2 heterocycles. The first kappa shape index (κ1) is 16.8. The molecule has 1 amide bonds. The topological polar surface area (TPSA) is 65.1 Å². The minimum absolute atomic E-state index is 0.271. The lowest BCUT2D eigenvalue weighted by Crippen LogP contribution is -2.51. The molecule has 4 rings (SSSR count). The van der Waals surface area contributed by atoms with E-state index in [4.69, 9.17) is 14.2 Å². The van der Waals surface area contributed by atoms with Gasteiger partial charge < -0.3 is 19.1 Å². The van der Waals surface area contributed by atoms with Crippen molar-refractivity contribution in [3.05, 3.63) is 71.8 Å². The van der Waals surface area contributed by atoms with Crippen LogP contribution < -0.4 is 0 Å². The van der Waals surface area contributed by atoms with E-state index >= 15 is 0 Å². The summed E-state index contributed by atoms with van der Waals surface area (Å²) in [5.41, 5.74) is 1.89. The van der Waals surface area contributed by atoms with E-state index in [-0.39, 0.29) is 5.91 Å². The Morgan fingerprint density at radius 1 is 1.04 bits per heavy atom. The van der Waals surface area contributed by atoms with Crippen molar-refractivity contribution < 1.29 is 23.8 Å². The summed E-state index contributed by atoms with van der Waals surface area (Å²) in [5.74, 6) is -0.869. The first-order valence-corrected chi connectivity index (χ1v) is 8.47. The number of morpholine rings is 1. The third kappa shape index (κ3) is 2.87. The summed E-state index contributed by atoms with van der Waals surface area (Å²) in [6.07, 6.45) is -2.73. The summed E-state index contributed by atoms with van der Waals surface area (Å²) in [4.78, 5) is 26.9. The van der Waals surface area contributed by atoms with Gasteiger partial charge >= 0.3 is 5.97 Å². The fourth-order valence-electron chi connectivity index (χ4n) is 3.49. The fourth-order valence-corrected chi connectivity index (χ4v) is 3.49. The lowest BCUT2D eigenvalue weighted by atomic mass is 10.0. The molecule has 2 saturated heterocycles. The van der Waals surface area contributed by atoms with Gasteiger partial charge in [0.05, 0.1) is 7.11 Å². The molecule has 0 aromatic heterocycles. The third-order valence-electron chi connectivity index (χ3n) is 4.73. The van der Waals surface area contributed by atoms with Gasteiger partial charge in [-0.1, -0.05) is 60.7 Å². The van der Waals surface area contributed by atoms with Crippen LogP contribution in [0.1, 0.15) is 17.2 Å². The van der Waals surface area contributed by atoms with Gasteiger partial charge in [-0.3, -0.25) is 4.79 Å². The van der Waals surface area contributed by atoms with Gasteiger partial charge in [-0.25, -0.2) is 4.79 Å². The zero-order chi connectivity index (χ0) is 18.1. The van der Waals surface area contributed by atoms with E-state index in [0.29, 0.717) is 6.54 Å². The second-order valence-electron chi connectivity index (χ2n) is 6.31. The Balaban J connectivity index is 1.71. The maximum Gasteiger partial charge on any atom is 0.338 e. The number of rotatable bonds is 4. The predicted molar refractivity (Wildman–Crippen MR) is 91.7 cm³/mol. The van der Waals surface area contributed by atoms with Gasteiger partial charge in [0.15, 0.2) is 18.5 Å². The van der Waals surface area contributed by atoms with Crippen molar-refractivity contribution >= 4 is 11.9 Å². The Hall–Kier alpha value is -2.70.